The van der Waals surface area contributed by atoms with E-state index in [1.165, 1.54) is 12.1 Å². The van der Waals surface area contributed by atoms with E-state index in [1.54, 1.807) is 0 Å². The predicted molar refractivity (Wildman–Crippen MR) is 104 cm³/mol. The normalized spacial score (nSPS) is 15.1. The fourth-order valence-electron chi connectivity index (χ4n) is 3.48. The van der Waals surface area contributed by atoms with Crippen molar-refractivity contribution in [2.75, 3.05) is 36.8 Å². The molecule has 1 saturated heterocycles. The molecule has 0 unspecified atom stereocenters. The summed E-state index contributed by atoms with van der Waals surface area (Å²) in [6.45, 7) is 3.11. The van der Waals surface area contributed by atoms with E-state index in [9.17, 15) is 14.5 Å². The van der Waals surface area contributed by atoms with Crippen LogP contribution in [0.5, 0.6) is 0 Å². The standard InChI is InChI=1S/C19H19FN6O2/c20-13-5-6-16(17(11-13)26(27)28)25-9-7-24(8-10-25)12-18-22-15-4-2-1-3-14(15)19(21)23-18/h1-6,11H,7-10,12H2,(H2,21,22,23). The van der Waals surface area contributed by atoms with Crippen LogP contribution in [0.3, 0.4) is 0 Å². The van der Waals surface area contributed by atoms with E-state index < -0.39 is 10.7 Å². The van der Waals surface area contributed by atoms with Gasteiger partial charge >= 0.3 is 0 Å². The first-order valence-electron chi connectivity index (χ1n) is 8.93. The third kappa shape index (κ3) is 3.56. The summed E-state index contributed by atoms with van der Waals surface area (Å²) in [7, 11) is 0. The molecule has 8 nitrogen and oxygen atoms in total. The molecule has 28 heavy (non-hydrogen) atoms. The van der Waals surface area contributed by atoms with Crippen LogP contribution in [-0.2, 0) is 6.54 Å². The molecule has 3 aromatic rings. The number of nitrogen functional groups attached to an aromatic ring is 1. The third-order valence-corrected chi connectivity index (χ3v) is 4.89. The second-order valence-electron chi connectivity index (χ2n) is 6.70. The fraction of sp³-hybridized carbons (Fsp3) is 0.263. The summed E-state index contributed by atoms with van der Waals surface area (Å²) < 4.78 is 13.4. The van der Waals surface area contributed by atoms with Gasteiger partial charge in [-0.05, 0) is 24.3 Å². The van der Waals surface area contributed by atoms with Gasteiger partial charge in [0.1, 0.15) is 23.1 Å². The van der Waals surface area contributed by atoms with Gasteiger partial charge in [0.2, 0.25) is 0 Å². The SMILES string of the molecule is Nc1nc(CN2CCN(c3ccc(F)cc3[N+](=O)[O-])CC2)nc2ccccc12. The molecule has 0 bridgehead atoms. The van der Waals surface area contributed by atoms with E-state index >= 15 is 0 Å². The van der Waals surface area contributed by atoms with Crippen molar-refractivity contribution in [2.24, 2.45) is 0 Å². The van der Waals surface area contributed by atoms with Crippen LogP contribution >= 0.6 is 0 Å². The molecule has 9 heteroatoms. The number of nitrogens with zero attached hydrogens (tertiary/aromatic N) is 5. The van der Waals surface area contributed by atoms with Crippen LogP contribution in [0.4, 0.5) is 21.6 Å². The molecular formula is C19H19FN6O2. The van der Waals surface area contributed by atoms with Crippen molar-refractivity contribution in [3.05, 3.63) is 64.2 Å². The third-order valence-electron chi connectivity index (χ3n) is 4.89. The van der Waals surface area contributed by atoms with E-state index in [4.69, 9.17) is 5.73 Å². The summed E-state index contributed by atoms with van der Waals surface area (Å²) >= 11 is 0. The first kappa shape index (κ1) is 18.1. The number of nitro groups is 1. The van der Waals surface area contributed by atoms with Crippen molar-refractivity contribution in [2.45, 2.75) is 6.54 Å². The number of hydrogen-bond donors (Lipinski definition) is 1. The number of para-hydroxylation sites is 1. The first-order valence-corrected chi connectivity index (χ1v) is 8.93. The Morgan fingerprint density at radius 1 is 1.11 bits per heavy atom. The van der Waals surface area contributed by atoms with E-state index in [1.807, 2.05) is 29.2 Å². The molecule has 4 rings (SSSR count). The van der Waals surface area contributed by atoms with Crippen LogP contribution in [0, 0.1) is 15.9 Å². The molecule has 2 aromatic carbocycles. The van der Waals surface area contributed by atoms with Crippen LogP contribution in [0.15, 0.2) is 42.5 Å². The Morgan fingerprint density at radius 2 is 1.86 bits per heavy atom. The van der Waals surface area contributed by atoms with Gasteiger partial charge in [0.15, 0.2) is 0 Å². The maximum absolute atomic E-state index is 13.4. The highest BCUT2D eigenvalue weighted by molar-refractivity contribution is 5.87. The molecule has 144 valence electrons. The Morgan fingerprint density at radius 3 is 2.61 bits per heavy atom. The van der Waals surface area contributed by atoms with Crippen LogP contribution in [0.25, 0.3) is 10.9 Å². The van der Waals surface area contributed by atoms with Crippen LogP contribution < -0.4 is 10.6 Å². The summed E-state index contributed by atoms with van der Waals surface area (Å²) in [4.78, 5) is 23.7. The average Bonchev–Trinajstić information content (AvgIpc) is 2.69. The Bertz CT molecular complexity index is 1040. The summed E-state index contributed by atoms with van der Waals surface area (Å²) in [6.07, 6.45) is 0. The second kappa shape index (κ2) is 7.35. The zero-order chi connectivity index (χ0) is 19.7. The molecule has 1 aliphatic rings. The number of rotatable bonds is 4. The van der Waals surface area contributed by atoms with Gasteiger partial charge in [-0.3, -0.25) is 15.0 Å². The molecule has 2 N–H and O–H groups in total. The Hall–Kier alpha value is -3.33. The van der Waals surface area contributed by atoms with Crippen molar-refractivity contribution < 1.29 is 9.31 Å². The minimum atomic E-state index is -0.611. The molecular weight excluding hydrogens is 363 g/mol. The van der Waals surface area contributed by atoms with Crippen molar-refractivity contribution in [1.82, 2.24) is 14.9 Å². The highest BCUT2D eigenvalue weighted by Crippen LogP contribution is 2.29. The summed E-state index contributed by atoms with van der Waals surface area (Å²) in [6, 6.07) is 11.3. The molecule has 2 heterocycles. The van der Waals surface area contributed by atoms with Crippen LogP contribution in [0.1, 0.15) is 5.82 Å². The lowest BCUT2D eigenvalue weighted by molar-refractivity contribution is -0.384. The molecule has 0 spiro atoms. The van der Waals surface area contributed by atoms with Gasteiger partial charge in [-0.15, -0.1) is 0 Å². The van der Waals surface area contributed by atoms with Gasteiger partial charge in [-0.2, -0.15) is 0 Å². The number of benzene rings is 2. The van der Waals surface area contributed by atoms with Gasteiger partial charge in [0, 0.05) is 31.6 Å². The molecule has 0 radical (unpaired) electrons. The summed E-state index contributed by atoms with van der Waals surface area (Å²) in [5.41, 5.74) is 7.09. The number of hydrogen-bond acceptors (Lipinski definition) is 7. The number of piperazine rings is 1. The minimum absolute atomic E-state index is 0.209. The zero-order valence-corrected chi connectivity index (χ0v) is 15.1. The Balaban J connectivity index is 1.46. The molecule has 0 atom stereocenters. The van der Waals surface area contributed by atoms with Gasteiger partial charge in [0.05, 0.1) is 23.1 Å². The second-order valence-corrected chi connectivity index (χ2v) is 6.70. The number of nitro benzene ring substituents is 1. The lowest BCUT2D eigenvalue weighted by Gasteiger charge is -2.35. The molecule has 1 aromatic heterocycles. The van der Waals surface area contributed by atoms with E-state index in [0.29, 0.717) is 50.1 Å². The van der Waals surface area contributed by atoms with Crippen LogP contribution in [-0.4, -0.2) is 46.0 Å². The van der Waals surface area contributed by atoms with Crippen molar-refractivity contribution in [3.8, 4) is 0 Å². The highest BCUT2D eigenvalue weighted by Gasteiger charge is 2.24. The van der Waals surface area contributed by atoms with E-state index in [-0.39, 0.29) is 5.69 Å². The molecule has 1 aliphatic heterocycles. The fourth-order valence-corrected chi connectivity index (χ4v) is 3.48. The van der Waals surface area contributed by atoms with E-state index in [2.05, 4.69) is 14.9 Å². The number of nitrogens with two attached hydrogens (primary N) is 1. The highest BCUT2D eigenvalue weighted by atomic mass is 19.1. The van der Waals surface area contributed by atoms with E-state index in [0.717, 1.165) is 17.0 Å². The Labute approximate surface area is 160 Å². The number of anilines is 2. The lowest BCUT2D eigenvalue weighted by atomic mass is 10.2. The van der Waals surface area contributed by atoms with Gasteiger partial charge in [-0.1, -0.05) is 12.1 Å². The van der Waals surface area contributed by atoms with Crippen molar-refractivity contribution in [3.63, 3.8) is 0 Å². The first-order chi connectivity index (χ1) is 13.5. The zero-order valence-electron chi connectivity index (χ0n) is 15.1. The summed E-state index contributed by atoms with van der Waals surface area (Å²) in [5.74, 6) is 0.499. The van der Waals surface area contributed by atoms with Gasteiger partial charge in [0.25, 0.3) is 5.69 Å². The maximum atomic E-state index is 13.4. The maximum Gasteiger partial charge on any atom is 0.295 e. The van der Waals surface area contributed by atoms with Crippen molar-refractivity contribution >= 4 is 28.1 Å². The minimum Gasteiger partial charge on any atom is -0.383 e. The Kier molecular flexibility index (Phi) is 4.74. The predicted octanol–water partition coefficient (Wildman–Crippen LogP) is 2.58. The number of aromatic nitrogens is 2. The molecule has 0 amide bonds. The number of fused-ring (bicyclic) bond motifs is 1. The molecule has 0 aliphatic carbocycles. The largest absolute Gasteiger partial charge is 0.383 e. The summed E-state index contributed by atoms with van der Waals surface area (Å²) in [5, 5.41) is 12.1. The van der Waals surface area contributed by atoms with Crippen molar-refractivity contribution in [1.29, 1.82) is 0 Å². The molecule has 1 fully saturated rings. The average molecular weight is 382 g/mol. The monoisotopic (exact) mass is 382 g/mol. The smallest absolute Gasteiger partial charge is 0.295 e. The lowest BCUT2D eigenvalue weighted by Crippen LogP contribution is -2.46. The molecule has 0 saturated carbocycles. The van der Waals surface area contributed by atoms with Gasteiger partial charge in [-0.25, -0.2) is 14.4 Å². The quantitative estimate of drug-likeness (QED) is 0.547. The number of halogens is 1. The van der Waals surface area contributed by atoms with Gasteiger partial charge < -0.3 is 10.6 Å². The van der Waals surface area contributed by atoms with Crippen LogP contribution in [0.2, 0.25) is 0 Å². The topological polar surface area (TPSA) is 101 Å².